The van der Waals surface area contributed by atoms with Gasteiger partial charge in [-0.1, -0.05) is 0 Å². The van der Waals surface area contributed by atoms with Gasteiger partial charge < -0.3 is 10.0 Å². The molecule has 0 aromatic carbocycles. The molecule has 2 rings (SSSR count). The fourth-order valence-electron chi connectivity index (χ4n) is 2.29. The molecule has 1 unspecified atom stereocenters. The average Bonchev–Trinajstić information content (AvgIpc) is 2.96. The molecule has 84 valence electrons. The summed E-state index contributed by atoms with van der Waals surface area (Å²) in [5, 5.41) is 9.26. The first kappa shape index (κ1) is 10.4. The van der Waals surface area contributed by atoms with Gasteiger partial charge in [-0.25, -0.2) is 4.79 Å². The summed E-state index contributed by atoms with van der Waals surface area (Å²) in [4.78, 5) is 25.5. The van der Waals surface area contributed by atoms with Crippen LogP contribution in [-0.4, -0.2) is 59.0 Å². The first-order valence-corrected chi connectivity index (χ1v) is 5.26. The van der Waals surface area contributed by atoms with Crippen LogP contribution in [0.15, 0.2) is 0 Å². The van der Waals surface area contributed by atoms with Crippen LogP contribution in [0.4, 0.5) is 0 Å². The Hall–Kier alpha value is -1.10. The van der Waals surface area contributed by atoms with E-state index in [0.717, 1.165) is 6.54 Å². The van der Waals surface area contributed by atoms with E-state index in [1.165, 1.54) is 17.7 Å². The van der Waals surface area contributed by atoms with Crippen molar-refractivity contribution in [1.82, 2.24) is 9.80 Å². The van der Waals surface area contributed by atoms with Gasteiger partial charge in [0.05, 0.1) is 0 Å². The second kappa shape index (κ2) is 3.48. The zero-order valence-corrected chi connectivity index (χ0v) is 8.85. The normalized spacial score (nSPS) is 31.5. The minimum absolute atomic E-state index is 0.474. The van der Waals surface area contributed by atoms with Gasteiger partial charge in [-0.15, -0.1) is 0 Å². The van der Waals surface area contributed by atoms with E-state index in [9.17, 15) is 14.7 Å². The maximum Gasteiger partial charge on any atom is 0.331 e. The zero-order valence-electron chi connectivity index (χ0n) is 8.85. The Balaban J connectivity index is 2.14. The van der Waals surface area contributed by atoms with E-state index in [2.05, 4.69) is 4.90 Å². The Labute approximate surface area is 88.6 Å². The number of amides is 1. The van der Waals surface area contributed by atoms with Gasteiger partial charge in [-0.3, -0.25) is 9.69 Å². The van der Waals surface area contributed by atoms with Crippen molar-refractivity contribution in [2.75, 3.05) is 20.1 Å². The number of hydrogen-bond donors (Lipinski definition) is 1. The molecule has 0 spiro atoms. The summed E-state index contributed by atoms with van der Waals surface area (Å²) in [5.41, 5.74) is -0.996. The van der Waals surface area contributed by atoms with Gasteiger partial charge in [0.15, 0.2) is 5.54 Å². The Morgan fingerprint density at radius 1 is 1.60 bits per heavy atom. The number of hydrogen-bond acceptors (Lipinski definition) is 3. The Kier molecular flexibility index (Phi) is 2.42. The van der Waals surface area contributed by atoms with Crippen molar-refractivity contribution in [3.05, 3.63) is 0 Å². The fourth-order valence-corrected chi connectivity index (χ4v) is 2.29. The minimum atomic E-state index is -0.996. The lowest BCUT2D eigenvalue weighted by atomic mass is 9.97. The predicted molar refractivity (Wildman–Crippen MR) is 53.4 cm³/mol. The second-order valence-corrected chi connectivity index (χ2v) is 4.50. The van der Waals surface area contributed by atoms with Crippen LogP contribution in [0, 0.1) is 0 Å². The topological polar surface area (TPSA) is 60.9 Å². The molecule has 1 amide bonds. The highest BCUT2D eigenvalue weighted by atomic mass is 16.4. The molecular formula is C10H16N2O3. The number of rotatable bonds is 4. The summed E-state index contributed by atoms with van der Waals surface area (Å²) in [7, 11) is 1.55. The number of carboxylic acids is 1. The lowest BCUT2D eigenvalue weighted by molar-refractivity contribution is -0.153. The number of nitrogens with zero attached hydrogens (tertiary/aromatic N) is 2. The van der Waals surface area contributed by atoms with Crippen molar-refractivity contribution in [2.24, 2.45) is 0 Å². The third-order valence-electron chi connectivity index (χ3n) is 3.57. The van der Waals surface area contributed by atoms with Crippen LogP contribution >= 0.6 is 0 Å². The highest BCUT2D eigenvalue weighted by Crippen LogP contribution is 2.35. The van der Waals surface area contributed by atoms with Crippen LogP contribution < -0.4 is 0 Å². The largest absolute Gasteiger partial charge is 0.479 e. The summed E-state index contributed by atoms with van der Waals surface area (Å²) in [6.07, 6.45) is 3.49. The first-order valence-electron chi connectivity index (χ1n) is 5.26. The van der Waals surface area contributed by atoms with Crippen LogP contribution in [0.2, 0.25) is 0 Å². The third-order valence-corrected chi connectivity index (χ3v) is 3.57. The lowest BCUT2D eigenvalue weighted by Gasteiger charge is -2.32. The average molecular weight is 212 g/mol. The van der Waals surface area contributed by atoms with Crippen molar-refractivity contribution < 1.29 is 14.7 Å². The molecule has 0 radical (unpaired) electrons. The molecule has 0 bridgehead atoms. The number of likely N-dealkylation sites (tertiary alicyclic amines) is 1. The van der Waals surface area contributed by atoms with E-state index in [-0.39, 0.29) is 0 Å². The Morgan fingerprint density at radius 3 is 2.73 bits per heavy atom. The van der Waals surface area contributed by atoms with E-state index in [0.29, 0.717) is 25.4 Å². The predicted octanol–water partition coefficient (Wildman–Crippen LogP) is -0.234. The summed E-state index contributed by atoms with van der Waals surface area (Å²) < 4.78 is 0. The number of carbonyl (C=O) groups excluding carboxylic acids is 1. The smallest absolute Gasteiger partial charge is 0.331 e. The first-order chi connectivity index (χ1) is 7.10. The molecule has 1 saturated carbocycles. The number of likely N-dealkylation sites (N-methyl/N-ethyl adjacent to an activating group) is 1. The molecule has 0 aromatic rings. The van der Waals surface area contributed by atoms with Crippen LogP contribution in [0.25, 0.3) is 0 Å². The zero-order chi connectivity index (χ0) is 11.1. The van der Waals surface area contributed by atoms with Crippen molar-refractivity contribution >= 4 is 12.4 Å². The monoisotopic (exact) mass is 212 g/mol. The number of carboxylic acid groups (broad SMARTS) is 1. The Bertz CT molecular complexity index is 290. The van der Waals surface area contributed by atoms with E-state index < -0.39 is 11.5 Å². The van der Waals surface area contributed by atoms with Crippen molar-refractivity contribution in [3.63, 3.8) is 0 Å². The highest BCUT2D eigenvalue weighted by Gasteiger charge is 2.50. The standard InChI is InChI=1S/C10H16N2O3/c1-11(7-13)10(9(14)15)4-5-12(6-10)8-2-3-8/h7-8H,2-6H2,1H3,(H,14,15). The maximum atomic E-state index is 11.3. The van der Waals surface area contributed by atoms with Gasteiger partial charge in [-0.2, -0.15) is 0 Å². The molecule has 0 aromatic heterocycles. The molecule has 5 nitrogen and oxygen atoms in total. The molecule has 2 aliphatic rings. The molecule has 1 saturated heterocycles. The molecule has 15 heavy (non-hydrogen) atoms. The van der Waals surface area contributed by atoms with Gasteiger partial charge in [0.2, 0.25) is 6.41 Å². The van der Waals surface area contributed by atoms with Gasteiger partial charge in [-0.05, 0) is 19.3 Å². The van der Waals surface area contributed by atoms with E-state index in [1.54, 1.807) is 7.05 Å². The van der Waals surface area contributed by atoms with Crippen LogP contribution in [0.5, 0.6) is 0 Å². The molecule has 2 fully saturated rings. The summed E-state index contributed by atoms with van der Waals surface area (Å²) in [5.74, 6) is -0.889. The summed E-state index contributed by atoms with van der Waals surface area (Å²) >= 11 is 0. The van der Waals surface area contributed by atoms with Gasteiger partial charge in [0.25, 0.3) is 0 Å². The molecule has 1 aliphatic heterocycles. The third kappa shape index (κ3) is 1.61. The number of carbonyl (C=O) groups is 2. The second-order valence-electron chi connectivity index (χ2n) is 4.50. The van der Waals surface area contributed by atoms with E-state index in [4.69, 9.17) is 0 Å². The van der Waals surface area contributed by atoms with Crippen LogP contribution in [0.1, 0.15) is 19.3 Å². The molecule has 1 heterocycles. The lowest BCUT2D eigenvalue weighted by Crippen LogP contribution is -2.54. The van der Waals surface area contributed by atoms with Gasteiger partial charge >= 0.3 is 5.97 Å². The summed E-state index contributed by atoms with van der Waals surface area (Å²) in [6, 6.07) is 0.561. The van der Waals surface area contributed by atoms with E-state index >= 15 is 0 Å². The maximum absolute atomic E-state index is 11.3. The van der Waals surface area contributed by atoms with Crippen molar-refractivity contribution in [1.29, 1.82) is 0 Å². The van der Waals surface area contributed by atoms with Crippen molar-refractivity contribution in [2.45, 2.75) is 30.8 Å². The molecule has 5 heteroatoms. The quantitative estimate of drug-likeness (QED) is 0.654. The number of aliphatic carboxylic acids is 1. The highest BCUT2D eigenvalue weighted by molar-refractivity contribution is 5.82. The Morgan fingerprint density at radius 2 is 2.27 bits per heavy atom. The summed E-state index contributed by atoms with van der Waals surface area (Å²) in [6.45, 7) is 1.26. The molecule has 1 aliphatic carbocycles. The SMILES string of the molecule is CN(C=O)C1(C(=O)O)CCN(C2CC2)C1. The molecular weight excluding hydrogens is 196 g/mol. The van der Waals surface area contributed by atoms with Crippen LogP contribution in [0.3, 0.4) is 0 Å². The van der Waals surface area contributed by atoms with Crippen LogP contribution in [-0.2, 0) is 9.59 Å². The molecule has 1 N–H and O–H groups in total. The van der Waals surface area contributed by atoms with Crippen molar-refractivity contribution in [3.8, 4) is 0 Å². The van der Waals surface area contributed by atoms with Gasteiger partial charge in [0, 0.05) is 26.2 Å². The fraction of sp³-hybridized carbons (Fsp3) is 0.800. The van der Waals surface area contributed by atoms with E-state index in [1.807, 2.05) is 0 Å². The van der Waals surface area contributed by atoms with Gasteiger partial charge in [0.1, 0.15) is 0 Å². The minimum Gasteiger partial charge on any atom is -0.479 e. The molecule has 1 atom stereocenters.